The molecule has 2 aliphatic heterocycles. The van der Waals surface area contributed by atoms with Crippen LogP contribution in [0.15, 0.2) is 0 Å². The van der Waals surface area contributed by atoms with Gasteiger partial charge in [0.15, 0.2) is 6.10 Å². The Labute approximate surface area is 127 Å². The molecular formula is C15H20O7. The van der Waals surface area contributed by atoms with Crippen molar-refractivity contribution in [2.24, 2.45) is 16.7 Å². The van der Waals surface area contributed by atoms with Crippen LogP contribution >= 0.6 is 0 Å². The average Bonchev–Trinajstić information content (AvgIpc) is 2.87. The molecule has 2 heterocycles. The van der Waals surface area contributed by atoms with Crippen LogP contribution in [-0.4, -0.2) is 57.3 Å². The summed E-state index contributed by atoms with van der Waals surface area (Å²) in [6.07, 6.45) is -1.64. The number of aliphatic hydroxyl groups is 3. The number of fused-ring (bicyclic) bond motifs is 4. The van der Waals surface area contributed by atoms with Gasteiger partial charge in [-0.2, -0.15) is 0 Å². The zero-order chi connectivity index (χ0) is 16.1. The summed E-state index contributed by atoms with van der Waals surface area (Å²) in [5.74, 6) is -1.90. The van der Waals surface area contributed by atoms with Crippen molar-refractivity contribution in [2.45, 2.75) is 56.5 Å². The molecule has 0 amide bonds. The molecule has 0 unspecified atom stereocenters. The molecule has 2 saturated heterocycles. The second kappa shape index (κ2) is 3.66. The van der Waals surface area contributed by atoms with Crippen molar-refractivity contribution in [3.05, 3.63) is 0 Å². The molecule has 7 nitrogen and oxygen atoms in total. The highest BCUT2D eigenvalue weighted by Crippen LogP contribution is 2.71. The van der Waals surface area contributed by atoms with Gasteiger partial charge in [0.25, 0.3) is 0 Å². The maximum Gasteiger partial charge on any atom is 0.342 e. The summed E-state index contributed by atoms with van der Waals surface area (Å²) < 4.78 is 10.2. The van der Waals surface area contributed by atoms with Gasteiger partial charge in [-0.3, -0.25) is 0 Å². The molecule has 0 radical (unpaired) electrons. The van der Waals surface area contributed by atoms with Crippen molar-refractivity contribution in [2.75, 3.05) is 6.61 Å². The molecule has 2 aliphatic carbocycles. The summed E-state index contributed by atoms with van der Waals surface area (Å²) in [5, 5.41) is 33.1. The van der Waals surface area contributed by atoms with Gasteiger partial charge in [-0.05, 0) is 32.1 Å². The smallest absolute Gasteiger partial charge is 0.342 e. The van der Waals surface area contributed by atoms with E-state index in [1.165, 1.54) is 0 Å². The summed E-state index contributed by atoms with van der Waals surface area (Å²) in [4.78, 5) is 24.3. The average molecular weight is 312 g/mol. The maximum absolute atomic E-state index is 12.2. The van der Waals surface area contributed by atoms with Gasteiger partial charge in [-0.25, -0.2) is 9.59 Å². The van der Waals surface area contributed by atoms with E-state index in [1.54, 1.807) is 6.92 Å². The number of cyclic esters (lactones) is 1. The fourth-order valence-electron chi connectivity index (χ4n) is 5.66. The third-order valence-electron chi connectivity index (χ3n) is 7.10. The molecular weight excluding hydrogens is 292 g/mol. The monoisotopic (exact) mass is 312 g/mol. The molecule has 0 aromatic heterocycles. The fraction of sp³-hybridized carbons (Fsp3) is 0.867. The number of carbonyl (C=O) groups is 2. The van der Waals surface area contributed by atoms with E-state index in [2.05, 4.69) is 0 Å². The minimum absolute atomic E-state index is 0.0543. The van der Waals surface area contributed by atoms with Crippen LogP contribution < -0.4 is 0 Å². The Morgan fingerprint density at radius 3 is 2.64 bits per heavy atom. The van der Waals surface area contributed by atoms with Crippen LogP contribution in [0.3, 0.4) is 0 Å². The van der Waals surface area contributed by atoms with Crippen molar-refractivity contribution in [3.8, 4) is 0 Å². The van der Waals surface area contributed by atoms with Crippen LogP contribution in [-0.2, 0) is 19.1 Å². The molecule has 4 fully saturated rings. The van der Waals surface area contributed by atoms with Crippen LogP contribution in [0.5, 0.6) is 0 Å². The highest BCUT2D eigenvalue weighted by atomic mass is 16.6. The Bertz CT molecular complexity index is 590. The quantitative estimate of drug-likeness (QED) is 0.498. The lowest BCUT2D eigenvalue weighted by Crippen LogP contribution is -2.80. The molecule has 0 aromatic rings. The van der Waals surface area contributed by atoms with Gasteiger partial charge >= 0.3 is 11.9 Å². The Morgan fingerprint density at radius 2 is 1.95 bits per heavy atom. The van der Waals surface area contributed by atoms with Gasteiger partial charge in [-0.15, -0.1) is 0 Å². The number of aliphatic hydroxyl groups excluding tert-OH is 1. The molecule has 22 heavy (non-hydrogen) atoms. The van der Waals surface area contributed by atoms with Crippen LogP contribution in [0.4, 0.5) is 0 Å². The highest BCUT2D eigenvalue weighted by Gasteiger charge is 2.85. The van der Waals surface area contributed by atoms with Crippen molar-refractivity contribution >= 4 is 11.9 Å². The van der Waals surface area contributed by atoms with Gasteiger partial charge in [0, 0.05) is 5.41 Å². The third-order valence-corrected chi connectivity index (χ3v) is 7.10. The Balaban J connectivity index is 2.01. The first-order valence-electron chi connectivity index (χ1n) is 7.66. The molecule has 1 spiro atoms. The van der Waals surface area contributed by atoms with Crippen molar-refractivity contribution in [1.82, 2.24) is 0 Å². The number of hydrogen-bond acceptors (Lipinski definition) is 7. The molecule has 122 valence electrons. The summed E-state index contributed by atoms with van der Waals surface area (Å²) in [6.45, 7) is 3.30. The van der Waals surface area contributed by atoms with Gasteiger partial charge in [0.05, 0.1) is 11.0 Å². The highest BCUT2D eigenvalue weighted by molar-refractivity contribution is 5.87. The largest absolute Gasteiger partial charge is 0.463 e. The van der Waals surface area contributed by atoms with Crippen LogP contribution in [0.25, 0.3) is 0 Å². The zero-order valence-corrected chi connectivity index (χ0v) is 12.5. The van der Waals surface area contributed by atoms with Gasteiger partial charge in [0.1, 0.15) is 12.7 Å². The normalized spacial score (nSPS) is 59.6. The van der Waals surface area contributed by atoms with E-state index < -0.39 is 46.2 Å². The van der Waals surface area contributed by atoms with E-state index in [-0.39, 0.29) is 18.9 Å². The van der Waals surface area contributed by atoms with E-state index in [4.69, 9.17) is 9.47 Å². The summed E-state index contributed by atoms with van der Waals surface area (Å²) in [7, 11) is 0. The SMILES string of the molecule is C[C@H]1CC[C@@]2(O)[C@]13C[C@H](OC(=O)[C@H]3O)[C@@]1(O)C(=O)OC[C@@]21C. The molecule has 7 heteroatoms. The van der Waals surface area contributed by atoms with Crippen LogP contribution in [0, 0.1) is 16.7 Å². The minimum Gasteiger partial charge on any atom is -0.463 e. The van der Waals surface area contributed by atoms with Crippen molar-refractivity contribution in [1.29, 1.82) is 0 Å². The predicted molar refractivity (Wildman–Crippen MR) is 70.3 cm³/mol. The van der Waals surface area contributed by atoms with Gasteiger partial charge < -0.3 is 24.8 Å². The summed E-state index contributed by atoms with van der Waals surface area (Å²) in [5.41, 5.74) is -6.10. The maximum atomic E-state index is 12.2. The fourth-order valence-corrected chi connectivity index (χ4v) is 5.66. The molecule has 2 bridgehead atoms. The molecule has 7 atom stereocenters. The van der Waals surface area contributed by atoms with Crippen LogP contribution in [0.2, 0.25) is 0 Å². The van der Waals surface area contributed by atoms with E-state index in [0.717, 1.165) is 0 Å². The Morgan fingerprint density at radius 1 is 1.27 bits per heavy atom. The lowest BCUT2D eigenvalue weighted by atomic mass is 9.44. The number of hydrogen-bond donors (Lipinski definition) is 3. The Kier molecular flexibility index (Phi) is 2.40. The topological polar surface area (TPSA) is 113 Å². The first-order valence-corrected chi connectivity index (χ1v) is 7.66. The molecule has 2 saturated carbocycles. The zero-order valence-electron chi connectivity index (χ0n) is 12.5. The van der Waals surface area contributed by atoms with E-state index in [9.17, 15) is 24.9 Å². The second-order valence-electron chi connectivity index (χ2n) is 7.55. The molecule has 4 rings (SSSR count). The number of rotatable bonds is 0. The summed E-state index contributed by atoms with van der Waals surface area (Å²) in [6, 6.07) is 0. The predicted octanol–water partition coefficient (Wildman–Crippen LogP) is -0.882. The summed E-state index contributed by atoms with van der Waals surface area (Å²) >= 11 is 0. The number of esters is 2. The van der Waals surface area contributed by atoms with Crippen molar-refractivity contribution < 1.29 is 34.4 Å². The Hall–Kier alpha value is -1.18. The molecule has 3 N–H and O–H groups in total. The molecule has 4 aliphatic rings. The van der Waals surface area contributed by atoms with E-state index in [1.807, 2.05) is 6.92 Å². The van der Waals surface area contributed by atoms with Crippen molar-refractivity contribution in [3.63, 3.8) is 0 Å². The van der Waals surface area contributed by atoms with Crippen LogP contribution in [0.1, 0.15) is 33.1 Å². The third kappa shape index (κ3) is 1.07. The first kappa shape index (κ1) is 14.4. The minimum atomic E-state index is -2.08. The number of ether oxygens (including phenoxy) is 2. The second-order valence-corrected chi connectivity index (χ2v) is 7.55. The van der Waals surface area contributed by atoms with E-state index in [0.29, 0.717) is 12.8 Å². The first-order chi connectivity index (χ1) is 10.1. The number of carbonyl (C=O) groups excluding carboxylic acids is 2. The standard InChI is InChI=1S/C15H20O7/c1-7-3-4-14(19)12(2)6-21-11(18)15(12,20)8-5-13(7,14)9(16)10(17)22-8/h7-9,16,19-20H,3-6H2,1-2H3/t7-,8-,9+,12-,13+,14-,15+/m0/s1. The molecule has 0 aromatic carbocycles. The lowest BCUT2D eigenvalue weighted by Gasteiger charge is -2.64. The van der Waals surface area contributed by atoms with Gasteiger partial charge in [0.2, 0.25) is 5.60 Å². The lowest BCUT2D eigenvalue weighted by molar-refractivity contribution is -0.320. The van der Waals surface area contributed by atoms with Gasteiger partial charge in [-0.1, -0.05) is 6.92 Å². The van der Waals surface area contributed by atoms with E-state index >= 15 is 0 Å².